The topological polar surface area (TPSA) is 86.8 Å². The molecule has 0 bridgehead atoms. The summed E-state index contributed by atoms with van der Waals surface area (Å²) in [5.74, 6) is -0.636. The molecule has 0 fully saturated rings. The summed E-state index contributed by atoms with van der Waals surface area (Å²) in [5.41, 5.74) is 1.94. The molecule has 0 radical (unpaired) electrons. The van der Waals surface area contributed by atoms with Crippen molar-refractivity contribution in [3.05, 3.63) is 94.0 Å². The van der Waals surface area contributed by atoms with Crippen molar-refractivity contribution in [2.45, 2.75) is 45.1 Å². The fourth-order valence-electron chi connectivity index (χ4n) is 4.05. The first-order chi connectivity index (χ1) is 18.9. The number of nitrogens with zero attached hydrogens (tertiary/aromatic N) is 2. The Morgan fingerprint density at radius 2 is 1.57 bits per heavy atom. The summed E-state index contributed by atoms with van der Waals surface area (Å²) in [5, 5.41) is 3.25. The molecule has 0 aliphatic heterocycles. The van der Waals surface area contributed by atoms with Gasteiger partial charge in [0.25, 0.3) is 10.0 Å². The molecule has 0 spiro atoms. The van der Waals surface area contributed by atoms with Crippen LogP contribution in [0.2, 0.25) is 10.0 Å². The number of benzene rings is 3. The number of hydrogen-bond acceptors (Lipinski definition) is 4. The number of nitrogens with one attached hydrogen (secondary N) is 1. The summed E-state index contributed by atoms with van der Waals surface area (Å²) >= 11 is 12.7. The number of sulfonamides is 1. The summed E-state index contributed by atoms with van der Waals surface area (Å²) in [6.45, 7) is 7.53. The van der Waals surface area contributed by atoms with Gasteiger partial charge >= 0.3 is 0 Å². The van der Waals surface area contributed by atoms with Crippen molar-refractivity contribution < 1.29 is 18.0 Å². The van der Waals surface area contributed by atoms with Crippen LogP contribution >= 0.6 is 23.2 Å². The molecule has 0 saturated heterocycles. The molecule has 0 aliphatic rings. The molecule has 1 N–H and O–H groups in total. The average Bonchev–Trinajstić information content (AvgIpc) is 2.92. The van der Waals surface area contributed by atoms with Gasteiger partial charge in [-0.2, -0.15) is 0 Å². The summed E-state index contributed by atoms with van der Waals surface area (Å²) in [6, 6.07) is 19.5. The molecule has 10 heteroatoms. The molecule has 0 saturated carbocycles. The Morgan fingerprint density at radius 1 is 0.925 bits per heavy atom. The van der Waals surface area contributed by atoms with E-state index in [-0.39, 0.29) is 39.0 Å². The summed E-state index contributed by atoms with van der Waals surface area (Å²) < 4.78 is 28.8. The van der Waals surface area contributed by atoms with Gasteiger partial charge in [-0.3, -0.25) is 13.9 Å². The molecule has 0 heterocycles. The van der Waals surface area contributed by atoms with Gasteiger partial charge in [-0.25, -0.2) is 8.42 Å². The van der Waals surface area contributed by atoms with Crippen LogP contribution in [0.25, 0.3) is 0 Å². The van der Waals surface area contributed by atoms with Gasteiger partial charge in [0.15, 0.2) is 0 Å². The minimum atomic E-state index is -4.23. The van der Waals surface area contributed by atoms with Crippen LogP contribution in [0.1, 0.15) is 31.9 Å². The maximum absolute atomic E-state index is 13.9. The molecule has 40 heavy (non-hydrogen) atoms. The Balaban J connectivity index is 2.00. The Bertz CT molecular complexity index is 1410. The molecule has 3 aromatic rings. The molecule has 0 unspecified atom stereocenters. The van der Waals surface area contributed by atoms with E-state index in [4.69, 9.17) is 23.2 Å². The number of hydrogen-bond donors (Lipinski definition) is 1. The van der Waals surface area contributed by atoms with Crippen LogP contribution in [0.3, 0.4) is 0 Å². The fourth-order valence-corrected chi connectivity index (χ4v) is 5.91. The lowest BCUT2D eigenvalue weighted by Crippen LogP contribution is -2.52. The number of aryl methyl sites for hydroxylation is 1. The minimum absolute atomic E-state index is 0.000465. The second kappa shape index (κ2) is 14.0. The number of halogens is 2. The van der Waals surface area contributed by atoms with Gasteiger partial charge in [0, 0.05) is 18.1 Å². The van der Waals surface area contributed by atoms with Crippen LogP contribution in [0.15, 0.2) is 77.7 Å². The highest BCUT2D eigenvalue weighted by Gasteiger charge is 2.33. The predicted octanol–water partition coefficient (Wildman–Crippen LogP) is 5.73. The zero-order valence-electron chi connectivity index (χ0n) is 23.1. The lowest BCUT2D eigenvalue weighted by Gasteiger charge is -2.32. The average molecular weight is 605 g/mol. The number of rotatable bonds is 12. The standard InChI is InChI=1S/C30H35Cl2N3O4S/c1-21(2)19-33-30(37)23(4)34(17-16-24-8-6-5-7-9-24)29(36)20-35(28-18-25(31)12-15-27(28)32)40(38,39)26-13-10-22(3)11-14-26/h5-15,18,21,23H,16-17,19-20H2,1-4H3,(H,33,37)/t23-/m0/s1. The van der Waals surface area contributed by atoms with Crippen molar-refractivity contribution in [1.82, 2.24) is 10.2 Å². The smallest absolute Gasteiger partial charge is 0.264 e. The second-order valence-corrected chi connectivity index (χ2v) is 12.8. The maximum Gasteiger partial charge on any atom is 0.264 e. The number of anilines is 1. The van der Waals surface area contributed by atoms with Crippen molar-refractivity contribution in [3.63, 3.8) is 0 Å². The molecule has 0 aliphatic carbocycles. The Morgan fingerprint density at radius 3 is 2.20 bits per heavy atom. The monoisotopic (exact) mass is 603 g/mol. The quantitative estimate of drug-likeness (QED) is 0.286. The summed E-state index contributed by atoms with van der Waals surface area (Å²) in [7, 11) is -4.23. The maximum atomic E-state index is 13.9. The van der Waals surface area contributed by atoms with E-state index in [1.54, 1.807) is 25.1 Å². The lowest BCUT2D eigenvalue weighted by molar-refractivity contribution is -0.138. The van der Waals surface area contributed by atoms with Crippen molar-refractivity contribution in [2.75, 3.05) is 23.9 Å². The van der Waals surface area contributed by atoms with E-state index >= 15 is 0 Å². The zero-order valence-corrected chi connectivity index (χ0v) is 25.4. The van der Waals surface area contributed by atoms with Gasteiger partial charge in [0.1, 0.15) is 12.6 Å². The van der Waals surface area contributed by atoms with Gasteiger partial charge in [-0.1, -0.05) is 85.1 Å². The van der Waals surface area contributed by atoms with Crippen molar-refractivity contribution in [3.8, 4) is 0 Å². The van der Waals surface area contributed by atoms with Crippen molar-refractivity contribution in [2.24, 2.45) is 5.92 Å². The van der Waals surface area contributed by atoms with Crippen LogP contribution in [-0.2, 0) is 26.0 Å². The van der Waals surface area contributed by atoms with Crippen LogP contribution in [-0.4, -0.2) is 50.8 Å². The van der Waals surface area contributed by atoms with E-state index in [1.807, 2.05) is 51.1 Å². The van der Waals surface area contributed by atoms with Crippen molar-refractivity contribution in [1.29, 1.82) is 0 Å². The van der Waals surface area contributed by atoms with E-state index in [1.165, 1.54) is 29.2 Å². The highest BCUT2D eigenvalue weighted by molar-refractivity contribution is 7.92. The highest BCUT2D eigenvalue weighted by Crippen LogP contribution is 2.33. The Labute approximate surface area is 247 Å². The molecule has 3 rings (SSSR count). The lowest BCUT2D eigenvalue weighted by atomic mass is 10.1. The Hall–Kier alpha value is -3.07. The molecular weight excluding hydrogens is 569 g/mol. The largest absolute Gasteiger partial charge is 0.354 e. The van der Waals surface area contributed by atoms with Crippen LogP contribution in [0.5, 0.6) is 0 Å². The van der Waals surface area contributed by atoms with Gasteiger partial charge in [-0.15, -0.1) is 0 Å². The van der Waals surface area contributed by atoms with Crippen LogP contribution in [0.4, 0.5) is 5.69 Å². The first-order valence-electron chi connectivity index (χ1n) is 13.1. The minimum Gasteiger partial charge on any atom is -0.354 e. The third kappa shape index (κ3) is 8.22. The molecule has 2 amide bonds. The van der Waals surface area contributed by atoms with E-state index in [0.717, 1.165) is 15.4 Å². The zero-order chi connectivity index (χ0) is 29.4. The third-order valence-electron chi connectivity index (χ3n) is 6.40. The first-order valence-corrected chi connectivity index (χ1v) is 15.2. The number of amides is 2. The first kappa shape index (κ1) is 31.5. The molecule has 214 valence electrons. The fraction of sp³-hybridized carbons (Fsp3) is 0.333. The third-order valence-corrected chi connectivity index (χ3v) is 8.73. The number of carbonyl (C=O) groups excluding carboxylic acids is 2. The number of carbonyl (C=O) groups is 2. The predicted molar refractivity (Wildman–Crippen MR) is 161 cm³/mol. The summed E-state index contributed by atoms with van der Waals surface area (Å²) in [4.78, 5) is 28.4. The molecule has 1 atom stereocenters. The molecular formula is C30H35Cl2N3O4S. The Kier molecular flexibility index (Phi) is 11.0. The van der Waals surface area contributed by atoms with Gasteiger partial charge in [-0.05, 0) is 62.1 Å². The van der Waals surface area contributed by atoms with E-state index in [2.05, 4.69) is 5.32 Å². The van der Waals surface area contributed by atoms with Gasteiger partial charge < -0.3 is 10.2 Å². The van der Waals surface area contributed by atoms with E-state index in [9.17, 15) is 18.0 Å². The van der Waals surface area contributed by atoms with Crippen LogP contribution in [0, 0.1) is 12.8 Å². The van der Waals surface area contributed by atoms with E-state index < -0.39 is 28.5 Å². The molecule has 0 aromatic heterocycles. The molecule has 3 aromatic carbocycles. The van der Waals surface area contributed by atoms with E-state index in [0.29, 0.717) is 13.0 Å². The summed E-state index contributed by atoms with van der Waals surface area (Å²) in [6.07, 6.45) is 0.483. The second-order valence-electron chi connectivity index (χ2n) is 10.1. The SMILES string of the molecule is Cc1ccc(S(=O)(=O)N(CC(=O)N(CCc2ccccc2)[C@@H](C)C(=O)NCC(C)C)c2cc(Cl)ccc2Cl)cc1. The van der Waals surface area contributed by atoms with Gasteiger partial charge in [0.2, 0.25) is 11.8 Å². The van der Waals surface area contributed by atoms with Crippen molar-refractivity contribution >= 4 is 50.7 Å². The normalized spacial score (nSPS) is 12.2. The highest BCUT2D eigenvalue weighted by atomic mass is 35.5. The van der Waals surface area contributed by atoms with Gasteiger partial charge in [0.05, 0.1) is 15.6 Å². The molecule has 7 nitrogen and oxygen atoms in total. The van der Waals surface area contributed by atoms with Crippen LogP contribution < -0.4 is 9.62 Å².